The molecule has 0 bridgehead atoms. The Bertz CT molecular complexity index is 911. The number of nitrogens with zero attached hydrogens (tertiary/aromatic N) is 1. The van der Waals surface area contributed by atoms with Crippen LogP contribution in [0.4, 0.5) is 11.4 Å². The van der Waals surface area contributed by atoms with E-state index in [2.05, 4.69) is 5.32 Å². The molecule has 1 N–H and O–H groups in total. The maximum absolute atomic E-state index is 12.1. The Balaban J connectivity index is 2.03. The van der Waals surface area contributed by atoms with Gasteiger partial charge in [-0.3, -0.25) is 19.7 Å². The van der Waals surface area contributed by atoms with E-state index in [-0.39, 0.29) is 16.4 Å². The van der Waals surface area contributed by atoms with Crippen LogP contribution in [0.3, 0.4) is 0 Å². The Morgan fingerprint density at radius 3 is 2.26 bits per heavy atom. The minimum atomic E-state index is -1.15. The summed E-state index contributed by atoms with van der Waals surface area (Å²) in [6.07, 6.45) is -1.15. The van der Waals surface area contributed by atoms with Gasteiger partial charge in [0.2, 0.25) is 0 Å². The fourth-order valence-corrected chi connectivity index (χ4v) is 2.28. The zero-order valence-electron chi connectivity index (χ0n) is 14.4. The molecule has 1 atom stereocenters. The number of nitro benzene ring substituents is 1. The van der Waals surface area contributed by atoms with E-state index in [1.54, 1.807) is 24.3 Å². The third-order valence-corrected chi connectivity index (χ3v) is 3.91. The minimum absolute atomic E-state index is 0.100. The monoisotopic (exact) mass is 390 g/mol. The number of nitro groups is 1. The summed E-state index contributed by atoms with van der Waals surface area (Å²) in [4.78, 5) is 45.6. The number of nitrogens with one attached hydrogen (secondary N) is 1. The van der Waals surface area contributed by atoms with Gasteiger partial charge in [-0.1, -0.05) is 11.6 Å². The summed E-state index contributed by atoms with van der Waals surface area (Å²) in [5, 5.41) is 13.3. The van der Waals surface area contributed by atoms with Gasteiger partial charge in [0.05, 0.1) is 10.5 Å². The molecule has 0 fully saturated rings. The fourth-order valence-electron chi connectivity index (χ4n) is 2.09. The molecule has 1 unspecified atom stereocenters. The molecule has 27 heavy (non-hydrogen) atoms. The van der Waals surface area contributed by atoms with Crippen LogP contribution in [0.15, 0.2) is 42.5 Å². The number of hydrogen-bond acceptors (Lipinski definition) is 6. The third kappa shape index (κ3) is 5.11. The summed E-state index contributed by atoms with van der Waals surface area (Å²) >= 11 is 5.69. The standard InChI is InChI=1S/C18H15ClN2O6/c1-10(22)12-3-6-14(7-4-12)20-17(23)11(2)27-18(24)13-5-8-15(19)16(9-13)21(25)26/h3-9,11H,1-2H3,(H,20,23). The molecule has 0 aliphatic heterocycles. The Morgan fingerprint density at radius 1 is 1.11 bits per heavy atom. The van der Waals surface area contributed by atoms with Crippen molar-refractivity contribution in [3.05, 3.63) is 68.7 Å². The number of anilines is 1. The molecule has 0 saturated carbocycles. The van der Waals surface area contributed by atoms with Crippen LogP contribution in [0.25, 0.3) is 0 Å². The summed E-state index contributed by atoms with van der Waals surface area (Å²) in [6.45, 7) is 2.79. The van der Waals surface area contributed by atoms with Gasteiger partial charge < -0.3 is 10.1 Å². The van der Waals surface area contributed by atoms with Crippen LogP contribution in [0.5, 0.6) is 0 Å². The Hall–Kier alpha value is -3.26. The van der Waals surface area contributed by atoms with Gasteiger partial charge in [-0.05, 0) is 50.2 Å². The smallest absolute Gasteiger partial charge is 0.339 e. The summed E-state index contributed by atoms with van der Waals surface area (Å²) < 4.78 is 5.04. The van der Waals surface area contributed by atoms with Crippen LogP contribution in [0.2, 0.25) is 5.02 Å². The average Bonchev–Trinajstić information content (AvgIpc) is 2.62. The molecule has 0 heterocycles. The number of carbonyl (C=O) groups excluding carboxylic acids is 3. The van der Waals surface area contributed by atoms with Gasteiger partial charge in [-0.2, -0.15) is 0 Å². The first kappa shape index (κ1) is 20.1. The molecule has 0 saturated heterocycles. The van der Waals surface area contributed by atoms with Gasteiger partial charge in [0.1, 0.15) is 5.02 Å². The molecule has 2 aromatic carbocycles. The van der Waals surface area contributed by atoms with Crippen LogP contribution in [0.1, 0.15) is 34.6 Å². The van der Waals surface area contributed by atoms with Crippen LogP contribution < -0.4 is 5.32 Å². The van der Waals surface area contributed by atoms with Crippen LogP contribution in [-0.4, -0.2) is 28.7 Å². The van der Waals surface area contributed by atoms with Gasteiger partial charge in [0.25, 0.3) is 11.6 Å². The highest BCUT2D eigenvalue weighted by Crippen LogP contribution is 2.25. The number of rotatable bonds is 6. The molecule has 0 aromatic heterocycles. The largest absolute Gasteiger partial charge is 0.449 e. The molecule has 1 amide bonds. The van der Waals surface area contributed by atoms with E-state index >= 15 is 0 Å². The molecule has 0 aliphatic rings. The fraction of sp³-hybridized carbons (Fsp3) is 0.167. The van der Waals surface area contributed by atoms with E-state index in [1.165, 1.54) is 26.0 Å². The van der Waals surface area contributed by atoms with Gasteiger partial charge in [-0.15, -0.1) is 0 Å². The van der Waals surface area contributed by atoms with Crippen molar-refractivity contribution in [1.82, 2.24) is 0 Å². The quantitative estimate of drug-likeness (QED) is 0.348. The Kier molecular flexibility index (Phi) is 6.25. The van der Waals surface area contributed by atoms with Crippen molar-refractivity contribution in [2.45, 2.75) is 20.0 Å². The molecule has 0 radical (unpaired) electrons. The number of esters is 1. The van der Waals surface area contributed by atoms with Gasteiger partial charge in [0, 0.05) is 17.3 Å². The number of carbonyl (C=O) groups is 3. The van der Waals surface area contributed by atoms with Gasteiger partial charge in [-0.25, -0.2) is 4.79 Å². The maximum atomic E-state index is 12.1. The Labute approximate surface area is 159 Å². The lowest BCUT2D eigenvalue weighted by atomic mass is 10.1. The number of ketones is 1. The number of Topliss-reactive ketones (excluding diaryl/α,β-unsaturated/α-hetero) is 1. The lowest BCUT2D eigenvalue weighted by molar-refractivity contribution is -0.384. The third-order valence-electron chi connectivity index (χ3n) is 3.59. The molecule has 140 valence electrons. The molecule has 0 spiro atoms. The SMILES string of the molecule is CC(=O)c1ccc(NC(=O)C(C)OC(=O)c2ccc(Cl)c([N+](=O)[O-])c2)cc1. The van der Waals surface area contributed by atoms with Crippen molar-refractivity contribution in [1.29, 1.82) is 0 Å². The zero-order valence-corrected chi connectivity index (χ0v) is 15.1. The molecule has 9 heteroatoms. The van der Waals surface area contributed by atoms with Crippen molar-refractivity contribution in [3.8, 4) is 0 Å². The number of ether oxygens (including phenoxy) is 1. The molecule has 8 nitrogen and oxygen atoms in total. The second kappa shape index (κ2) is 8.41. The maximum Gasteiger partial charge on any atom is 0.339 e. The normalized spacial score (nSPS) is 11.4. The Morgan fingerprint density at radius 2 is 1.70 bits per heavy atom. The first-order chi connectivity index (χ1) is 12.7. The second-order valence-corrected chi connectivity index (χ2v) is 6.00. The topological polar surface area (TPSA) is 116 Å². The van der Waals surface area contributed by atoms with E-state index in [4.69, 9.17) is 16.3 Å². The van der Waals surface area contributed by atoms with Crippen LogP contribution in [-0.2, 0) is 9.53 Å². The lowest BCUT2D eigenvalue weighted by Crippen LogP contribution is -2.30. The molecular weight excluding hydrogens is 376 g/mol. The molecule has 2 aromatic rings. The first-order valence-corrected chi connectivity index (χ1v) is 8.13. The van der Waals surface area contributed by atoms with Gasteiger partial charge >= 0.3 is 5.97 Å². The number of benzene rings is 2. The number of amides is 1. The van der Waals surface area contributed by atoms with E-state index in [0.717, 1.165) is 6.07 Å². The lowest BCUT2D eigenvalue weighted by Gasteiger charge is -2.14. The number of hydrogen-bond donors (Lipinski definition) is 1. The highest BCUT2D eigenvalue weighted by molar-refractivity contribution is 6.32. The predicted octanol–water partition coefficient (Wildman–Crippen LogP) is 3.63. The van der Waals surface area contributed by atoms with Crippen molar-refractivity contribution in [2.75, 3.05) is 5.32 Å². The molecular formula is C18H15ClN2O6. The van der Waals surface area contributed by atoms with E-state index in [9.17, 15) is 24.5 Å². The predicted molar refractivity (Wildman–Crippen MR) is 98.1 cm³/mol. The first-order valence-electron chi connectivity index (χ1n) is 7.76. The van der Waals surface area contributed by atoms with Gasteiger partial charge in [0.15, 0.2) is 11.9 Å². The highest BCUT2D eigenvalue weighted by atomic mass is 35.5. The van der Waals surface area contributed by atoms with Crippen molar-refractivity contribution < 1.29 is 24.0 Å². The summed E-state index contributed by atoms with van der Waals surface area (Å²) in [5.74, 6) is -1.60. The summed E-state index contributed by atoms with van der Waals surface area (Å²) in [7, 11) is 0. The summed E-state index contributed by atoms with van der Waals surface area (Å²) in [5.41, 5.74) is 0.386. The second-order valence-electron chi connectivity index (χ2n) is 5.59. The molecule has 2 rings (SSSR count). The number of halogens is 1. The van der Waals surface area contributed by atoms with Crippen LogP contribution >= 0.6 is 11.6 Å². The van der Waals surface area contributed by atoms with E-state index in [1.807, 2.05) is 0 Å². The van der Waals surface area contributed by atoms with E-state index < -0.39 is 28.6 Å². The zero-order chi connectivity index (χ0) is 20.1. The molecule has 0 aliphatic carbocycles. The minimum Gasteiger partial charge on any atom is -0.449 e. The van der Waals surface area contributed by atoms with Crippen molar-refractivity contribution >= 4 is 40.6 Å². The highest BCUT2D eigenvalue weighted by Gasteiger charge is 2.22. The van der Waals surface area contributed by atoms with Crippen LogP contribution in [0, 0.1) is 10.1 Å². The average molecular weight is 391 g/mol. The van der Waals surface area contributed by atoms with Crippen molar-refractivity contribution in [2.24, 2.45) is 0 Å². The van der Waals surface area contributed by atoms with E-state index in [0.29, 0.717) is 11.3 Å². The van der Waals surface area contributed by atoms with Crippen molar-refractivity contribution in [3.63, 3.8) is 0 Å². The summed E-state index contributed by atoms with van der Waals surface area (Å²) in [6, 6.07) is 9.66.